The van der Waals surface area contributed by atoms with Gasteiger partial charge >= 0.3 is 7.32 Å². The van der Waals surface area contributed by atoms with Gasteiger partial charge in [0.1, 0.15) is 11.5 Å². The molecular weight excluding hydrogens is 588 g/mol. The highest BCUT2D eigenvalue weighted by molar-refractivity contribution is 6.39. The molecule has 0 aliphatic carbocycles. The highest BCUT2D eigenvalue weighted by Crippen LogP contribution is 2.41. The summed E-state index contributed by atoms with van der Waals surface area (Å²) < 4.78 is 88.4. The van der Waals surface area contributed by atoms with Crippen molar-refractivity contribution >= 4 is 36.5 Å². The molecule has 0 spiro atoms. The fraction of sp³-hybridized carbons (Fsp3) is 0.0286. The van der Waals surface area contributed by atoms with Gasteiger partial charge < -0.3 is 18.9 Å². The first-order valence-corrected chi connectivity index (χ1v) is 13.6. The molecule has 5 aromatic carbocycles. The van der Waals surface area contributed by atoms with Crippen LogP contribution < -0.4 is 18.9 Å². The topological polar surface area (TPSA) is 30.9 Å². The van der Waals surface area contributed by atoms with Gasteiger partial charge in [-0.25, -0.2) is 13.2 Å². The molecule has 0 heterocycles. The molecule has 0 fully saturated rings. The van der Waals surface area contributed by atoms with Crippen LogP contribution in [-0.2, 0) is 0 Å². The number of anilines is 3. The van der Waals surface area contributed by atoms with Gasteiger partial charge in [-0.15, -0.1) is 0 Å². The summed E-state index contributed by atoms with van der Waals surface area (Å²) in [5.41, 5.74) is 4.11. The number of hydrogen-bond acceptors (Lipinski definition) is 4. The zero-order valence-electron chi connectivity index (χ0n) is 23.9. The van der Waals surface area contributed by atoms with Crippen LogP contribution in [0.5, 0.6) is 17.2 Å². The minimum absolute atomic E-state index is 0.0699. The van der Waals surface area contributed by atoms with E-state index in [4.69, 9.17) is 14.0 Å². The number of rotatable bonds is 11. The second-order valence-electron chi connectivity index (χ2n) is 9.68. The van der Waals surface area contributed by atoms with E-state index in [1.165, 1.54) is 24.3 Å². The molecule has 10 heteroatoms. The molecule has 5 aromatic rings. The van der Waals surface area contributed by atoms with Crippen molar-refractivity contribution < 1.29 is 35.9 Å². The summed E-state index contributed by atoms with van der Waals surface area (Å²) in [4.78, 5) is 1.94. The van der Waals surface area contributed by atoms with Gasteiger partial charge in [-0.1, -0.05) is 85.5 Å². The number of hydrogen-bond donors (Lipinski definition) is 0. The minimum atomic E-state index is -2.33. The van der Waals surface area contributed by atoms with Crippen molar-refractivity contribution in [3.05, 3.63) is 156 Å². The van der Waals surface area contributed by atoms with Crippen molar-refractivity contribution in [1.82, 2.24) is 0 Å². The lowest BCUT2D eigenvalue weighted by atomic mass is 10.1. The number of halogens is 5. The van der Waals surface area contributed by atoms with E-state index in [0.29, 0.717) is 16.8 Å². The molecule has 0 saturated carbocycles. The first-order chi connectivity index (χ1) is 21.7. The Kier molecular flexibility index (Phi) is 9.23. The lowest BCUT2D eigenvalue weighted by Crippen LogP contribution is -2.38. The van der Waals surface area contributed by atoms with Gasteiger partial charge in [0.05, 0.1) is 5.69 Å². The van der Waals surface area contributed by atoms with Gasteiger partial charge in [-0.2, -0.15) is 8.78 Å². The molecule has 226 valence electrons. The number of para-hydroxylation sites is 2. The lowest BCUT2D eigenvalue weighted by molar-refractivity contribution is 0.277. The molecule has 0 N–H and O–H groups in total. The molecule has 0 bridgehead atoms. The van der Waals surface area contributed by atoms with Crippen LogP contribution in [0.4, 0.5) is 39.0 Å². The Morgan fingerprint density at radius 2 is 1.13 bits per heavy atom. The smallest absolute Gasteiger partial charge is 0.489 e. The fourth-order valence-corrected chi connectivity index (χ4v) is 4.55. The molecule has 0 saturated heterocycles. The summed E-state index contributed by atoms with van der Waals surface area (Å²) in [7, 11) is -2.04. The van der Waals surface area contributed by atoms with Crippen LogP contribution >= 0.6 is 0 Å². The predicted octanol–water partition coefficient (Wildman–Crippen LogP) is 9.97. The van der Waals surface area contributed by atoms with Gasteiger partial charge in [-0.05, 0) is 49.4 Å². The second-order valence-corrected chi connectivity index (χ2v) is 9.68. The molecule has 0 aromatic heterocycles. The van der Waals surface area contributed by atoms with Gasteiger partial charge in [0.25, 0.3) is 0 Å². The van der Waals surface area contributed by atoms with E-state index in [1.54, 1.807) is 24.3 Å². The first-order valence-electron chi connectivity index (χ1n) is 13.6. The molecule has 0 atom stereocenters. The number of nitrogens with zero attached hydrogens (tertiary/aromatic N) is 1. The quantitative estimate of drug-likeness (QED) is 0.0642. The Balaban J connectivity index is 1.62. The van der Waals surface area contributed by atoms with Crippen molar-refractivity contribution in [2.75, 3.05) is 4.90 Å². The highest BCUT2D eigenvalue weighted by atomic mass is 19.2. The first kappa shape index (κ1) is 30.9. The number of benzene rings is 5. The maximum atomic E-state index is 14.7. The molecular formula is C35H25BF5NO3. The molecule has 0 aliphatic rings. The van der Waals surface area contributed by atoms with Crippen molar-refractivity contribution in [2.24, 2.45) is 0 Å². The maximum absolute atomic E-state index is 14.7. The van der Waals surface area contributed by atoms with Gasteiger partial charge in [0.15, 0.2) is 5.75 Å². The van der Waals surface area contributed by atoms with E-state index in [-0.39, 0.29) is 11.5 Å². The van der Waals surface area contributed by atoms with E-state index in [2.05, 4.69) is 13.2 Å². The minimum Gasteiger partial charge on any atom is -0.489 e. The standard InChI is InChI=1S/C35H25BF5NO3/c1-4-23-12-9-10-16-28(23)43-36(45-35-33(40)31(38)30(37)32(39)34(35)41)44-29-17-11-15-27(26(29)5-2)42(24-13-7-6-8-14-24)25-20-18-22(3)19-21-25/h4-21H,1-2H2,3H3. The molecule has 45 heavy (non-hydrogen) atoms. The van der Waals surface area contributed by atoms with Crippen molar-refractivity contribution in [2.45, 2.75) is 6.92 Å². The Morgan fingerprint density at radius 3 is 1.78 bits per heavy atom. The third-order valence-electron chi connectivity index (χ3n) is 6.76. The Morgan fingerprint density at radius 1 is 0.578 bits per heavy atom. The summed E-state index contributed by atoms with van der Waals surface area (Å²) in [5.74, 6) is -12.5. The second kappa shape index (κ2) is 13.4. The maximum Gasteiger partial charge on any atom is 0.864 e. The normalized spacial score (nSPS) is 10.6. The SMILES string of the molecule is C=Cc1ccccc1OB(Oc1cccc(N(c2ccccc2)c2ccc(C)cc2)c1C=C)Oc1c(F)c(F)c(F)c(F)c1F. The van der Waals surface area contributed by atoms with Crippen molar-refractivity contribution in [3.8, 4) is 17.2 Å². The van der Waals surface area contributed by atoms with Crippen LogP contribution in [0.1, 0.15) is 16.7 Å². The Labute approximate surface area is 257 Å². The monoisotopic (exact) mass is 613 g/mol. The average molecular weight is 613 g/mol. The predicted molar refractivity (Wildman–Crippen MR) is 166 cm³/mol. The molecule has 0 unspecified atom stereocenters. The third kappa shape index (κ3) is 6.40. The molecule has 4 nitrogen and oxygen atoms in total. The van der Waals surface area contributed by atoms with Crippen molar-refractivity contribution in [3.63, 3.8) is 0 Å². The van der Waals surface area contributed by atoms with Gasteiger partial charge in [0.2, 0.25) is 29.1 Å². The molecule has 0 amide bonds. The summed E-state index contributed by atoms with van der Waals surface area (Å²) in [6.45, 7) is 9.61. The largest absolute Gasteiger partial charge is 0.864 e. The lowest BCUT2D eigenvalue weighted by Gasteiger charge is -2.28. The average Bonchev–Trinajstić information content (AvgIpc) is 3.06. The van der Waals surface area contributed by atoms with Crippen LogP contribution in [0.2, 0.25) is 0 Å². The Bertz CT molecular complexity index is 1820. The zero-order valence-corrected chi connectivity index (χ0v) is 23.9. The third-order valence-corrected chi connectivity index (χ3v) is 6.76. The van der Waals surface area contributed by atoms with E-state index in [0.717, 1.165) is 16.9 Å². The zero-order chi connectivity index (χ0) is 32.1. The van der Waals surface area contributed by atoms with Gasteiger partial charge in [0, 0.05) is 22.5 Å². The summed E-state index contributed by atoms with van der Waals surface area (Å²) in [6, 6.07) is 28.7. The van der Waals surface area contributed by atoms with Crippen LogP contribution in [0.3, 0.4) is 0 Å². The van der Waals surface area contributed by atoms with Crippen LogP contribution in [0.25, 0.3) is 12.2 Å². The van der Waals surface area contributed by atoms with E-state index in [1.807, 2.05) is 72.5 Å². The fourth-order valence-electron chi connectivity index (χ4n) is 4.55. The summed E-state index contributed by atoms with van der Waals surface area (Å²) in [5, 5.41) is 0. The van der Waals surface area contributed by atoms with Crippen LogP contribution in [0, 0.1) is 36.0 Å². The summed E-state index contributed by atoms with van der Waals surface area (Å²) >= 11 is 0. The van der Waals surface area contributed by atoms with E-state index in [9.17, 15) is 22.0 Å². The van der Waals surface area contributed by atoms with Crippen LogP contribution in [-0.4, -0.2) is 7.32 Å². The van der Waals surface area contributed by atoms with Crippen LogP contribution in [0.15, 0.2) is 110 Å². The Hall–Kier alpha value is -5.51. The highest BCUT2D eigenvalue weighted by Gasteiger charge is 2.37. The molecule has 0 aliphatic heterocycles. The number of aryl methyl sites for hydroxylation is 1. The van der Waals surface area contributed by atoms with E-state index >= 15 is 0 Å². The molecule has 0 radical (unpaired) electrons. The van der Waals surface area contributed by atoms with Gasteiger partial charge in [-0.3, -0.25) is 0 Å². The van der Waals surface area contributed by atoms with Crippen molar-refractivity contribution in [1.29, 1.82) is 0 Å². The van der Waals surface area contributed by atoms with E-state index < -0.39 is 42.2 Å². The molecule has 5 rings (SSSR count). The summed E-state index contributed by atoms with van der Waals surface area (Å²) in [6.07, 6.45) is 2.95.